The summed E-state index contributed by atoms with van der Waals surface area (Å²) in [5.74, 6) is -0.176. The minimum atomic E-state index is -3.74. The van der Waals surface area contributed by atoms with E-state index in [9.17, 15) is 17.6 Å². The number of carbonyl (C=O) groups is 1. The van der Waals surface area contributed by atoms with Crippen LogP contribution in [0.3, 0.4) is 0 Å². The van der Waals surface area contributed by atoms with E-state index < -0.39 is 15.8 Å². The van der Waals surface area contributed by atoms with Gasteiger partial charge in [-0.3, -0.25) is 4.79 Å². The molecule has 2 aromatic carbocycles. The van der Waals surface area contributed by atoms with Crippen LogP contribution >= 0.6 is 0 Å². The summed E-state index contributed by atoms with van der Waals surface area (Å²) in [6, 6.07) is 12.5. The second-order valence-electron chi connectivity index (χ2n) is 7.36. The van der Waals surface area contributed by atoms with Gasteiger partial charge in [0, 0.05) is 19.6 Å². The van der Waals surface area contributed by atoms with Crippen molar-refractivity contribution in [1.29, 1.82) is 0 Å². The van der Waals surface area contributed by atoms with Crippen molar-refractivity contribution < 1.29 is 22.3 Å². The first kappa shape index (κ1) is 22.2. The van der Waals surface area contributed by atoms with Crippen LogP contribution in [0.1, 0.15) is 24.8 Å². The van der Waals surface area contributed by atoms with Crippen molar-refractivity contribution in [3.63, 3.8) is 0 Å². The van der Waals surface area contributed by atoms with E-state index in [0.29, 0.717) is 25.9 Å². The molecule has 0 aliphatic carbocycles. The fraction of sp³-hybridized carbons (Fsp3) is 0.409. The normalized spacial score (nSPS) is 17.5. The van der Waals surface area contributed by atoms with Gasteiger partial charge in [-0.15, -0.1) is 0 Å². The molecular formula is C22H27FN2O4S. The van der Waals surface area contributed by atoms with Crippen molar-refractivity contribution in [2.75, 3.05) is 26.7 Å². The lowest BCUT2D eigenvalue weighted by Crippen LogP contribution is -2.45. The number of nitrogens with one attached hydrogen (secondary N) is 1. The van der Waals surface area contributed by atoms with Crippen LogP contribution in [0.2, 0.25) is 0 Å². The van der Waals surface area contributed by atoms with Gasteiger partial charge in [0.2, 0.25) is 15.9 Å². The molecule has 1 aliphatic heterocycles. The van der Waals surface area contributed by atoms with Gasteiger partial charge in [-0.2, -0.15) is 4.31 Å². The van der Waals surface area contributed by atoms with Crippen LogP contribution in [0.15, 0.2) is 53.4 Å². The van der Waals surface area contributed by atoms with Crippen molar-refractivity contribution in [2.24, 2.45) is 5.92 Å². The Balaban J connectivity index is 1.52. The number of nitrogens with zero attached hydrogens (tertiary/aromatic N) is 1. The Labute approximate surface area is 177 Å². The molecule has 0 spiro atoms. The molecule has 0 aromatic heterocycles. The average molecular weight is 435 g/mol. The highest BCUT2D eigenvalue weighted by atomic mass is 32.2. The summed E-state index contributed by atoms with van der Waals surface area (Å²) in [7, 11) is -2.11. The van der Waals surface area contributed by atoms with E-state index >= 15 is 0 Å². The summed E-state index contributed by atoms with van der Waals surface area (Å²) < 4.78 is 45.4. The SMILES string of the molecule is COc1ccccc1CCCNC(=O)C1CCCN(S(=O)(=O)c2ccc(F)cc2)C1. The van der Waals surface area contributed by atoms with E-state index in [-0.39, 0.29) is 23.3 Å². The van der Waals surface area contributed by atoms with E-state index in [1.807, 2.05) is 24.3 Å². The Morgan fingerprint density at radius 3 is 2.67 bits per heavy atom. The number of halogens is 1. The molecule has 0 saturated carbocycles. The average Bonchev–Trinajstić information content (AvgIpc) is 2.77. The summed E-state index contributed by atoms with van der Waals surface area (Å²) in [5, 5.41) is 2.93. The van der Waals surface area contributed by atoms with Gasteiger partial charge >= 0.3 is 0 Å². The molecule has 0 radical (unpaired) electrons. The van der Waals surface area contributed by atoms with Crippen LogP contribution in [-0.4, -0.2) is 45.4 Å². The molecule has 1 unspecified atom stereocenters. The molecule has 8 heteroatoms. The summed E-state index contributed by atoms with van der Waals surface area (Å²) >= 11 is 0. The third kappa shape index (κ3) is 5.37. The maximum atomic E-state index is 13.1. The van der Waals surface area contributed by atoms with Gasteiger partial charge < -0.3 is 10.1 Å². The fourth-order valence-electron chi connectivity index (χ4n) is 3.67. The van der Waals surface area contributed by atoms with Crippen LogP contribution in [0.25, 0.3) is 0 Å². The standard InChI is InChI=1S/C22H27FN2O4S/c1-29-21-9-3-2-6-17(21)7-4-14-24-22(26)18-8-5-15-25(16-18)30(27,28)20-12-10-19(23)11-13-20/h2-3,6,9-13,18H,4-5,7-8,14-16H2,1H3,(H,24,26). The monoisotopic (exact) mass is 434 g/mol. The van der Waals surface area contributed by atoms with Crippen LogP contribution < -0.4 is 10.1 Å². The second-order valence-corrected chi connectivity index (χ2v) is 9.30. The Hall–Kier alpha value is -2.45. The first-order chi connectivity index (χ1) is 14.4. The molecule has 2 aromatic rings. The molecule has 1 saturated heterocycles. The largest absolute Gasteiger partial charge is 0.496 e. The minimum Gasteiger partial charge on any atom is -0.496 e. The Morgan fingerprint density at radius 2 is 1.93 bits per heavy atom. The van der Waals surface area contributed by atoms with E-state index in [1.165, 1.54) is 16.4 Å². The van der Waals surface area contributed by atoms with Gasteiger partial charge in [0.15, 0.2) is 0 Å². The van der Waals surface area contributed by atoms with Crippen molar-refractivity contribution in [1.82, 2.24) is 9.62 Å². The summed E-state index contributed by atoms with van der Waals surface area (Å²) in [4.78, 5) is 12.6. The topological polar surface area (TPSA) is 75.7 Å². The minimum absolute atomic E-state index is 0.0433. The van der Waals surface area contributed by atoms with Crippen molar-refractivity contribution in [3.8, 4) is 5.75 Å². The third-order valence-electron chi connectivity index (χ3n) is 5.32. The number of methoxy groups -OCH3 is 1. The van der Waals surface area contributed by atoms with Crippen LogP contribution in [0.5, 0.6) is 5.75 Å². The number of sulfonamides is 1. The third-order valence-corrected chi connectivity index (χ3v) is 7.20. The number of carbonyl (C=O) groups excluding carboxylic acids is 1. The first-order valence-corrected chi connectivity index (χ1v) is 11.5. The number of benzene rings is 2. The highest BCUT2D eigenvalue weighted by molar-refractivity contribution is 7.89. The van der Waals surface area contributed by atoms with Crippen molar-refractivity contribution >= 4 is 15.9 Å². The summed E-state index contributed by atoms with van der Waals surface area (Å²) in [6.07, 6.45) is 2.80. The smallest absolute Gasteiger partial charge is 0.243 e. The van der Waals surface area contributed by atoms with E-state index in [1.54, 1.807) is 7.11 Å². The van der Waals surface area contributed by atoms with Crippen LogP contribution in [0, 0.1) is 11.7 Å². The van der Waals surface area contributed by atoms with Crippen LogP contribution in [-0.2, 0) is 21.2 Å². The number of piperidine rings is 1. The highest BCUT2D eigenvalue weighted by Gasteiger charge is 2.33. The first-order valence-electron chi connectivity index (χ1n) is 10.1. The fourth-order valence-corrected chi connectivity index (χ4v) is 5.20. The lowest BCUT2D eigenvalue weighted by Gasteiger charge is -2.31. The number of ether oxygens (including phenoxy) is 1. The molecule has 1 N–H and O–H groups in total. The number of para-hydroxylation sites is 1. The van der Waals surface area contributed by atoms with Gasteiger partial charge in [-0.25, -0.2) is 12.8 Å². The molecule has 30 heavy (non-hydrogen) atoms. The Morgan fingerprint density at radius 1 is 1.20 bits per heavy atom. The van der Waals surface area contributed by atoms with E-state index in [0.717, 1.165) is 36.3 Å². The number of aryl methyl sites for hydroxylation is 1. The second kappa shape index (κ2) is 10.0. The molecule has 1 fully saturated rings. The lowest BCUT2D eigenvalue weighted by molar-refractivity contribution is -0.126. The summed E-state index contributed by atoms with van der Waals surface area (Å²) in [5.41, 5.74) is 1.09. The number of hydrogen-bond acceptors (Lipinski definition) is 4. The zero-order valence-electron chi connectivity index (χ0n) is 17.0. The molecule has 1 atom stereocenters. The zero-order valence-corrected chi connectivity index (χ0v) is 17.8. The van der Waals surface area contributed by atoms with Gasteiger partial charge in [0.25, 0.3) is 0 Å². The molecular weight excluding hydrogens is 407 g/mol. The van der Waals surface area contributed by atoms with Gasteiger partial charge in [-0.05, 0) is 61.6 Å². The molecule has 1 aliphatic rings. The zero-order chi connectivity index (χ0) is 21.6. The van der Waals surface area contributed by atoms with Crippen molar-refractivity contribution in [2.45, 2.75) is 30.6 Å². The Kier molecular flexibility index (Phi) is 7.44. The number of rotatable bonds is 8. The molecule has 162 valence electrons. The molecule has 6 nitrogen and oxygen atoms in total. The van der Waals surface area contributed by atoms with Crippen LogP contribution in [0.4, 0.5) is 4.39 Å². The quantitative estimate of drug-likeness (QED) is 0.648. The lowest BCUT2D eigenvalue weighted by atomic mass is 9.99. The van der Waals surface area contributed by atoms with E-state index in [2.05, 4.69) is 5.32 Å². The molecule has 1 heterocycles. The maximum absolute atomic E-state index is 13.1. The van der Waals surface area contributed by atoms with Gasteiger partial charge in [0.1, 0.15) is 11.6 Å². The van der Waals surface area contributed by atoms with E-state index in [4.69, 9.17) is 4.74 Å². The Bertz CT molecular complexity index is 963. The van der Waals surface area contributed by atoms with Crippen molar-refractivity contribution in [3.05, 3.63) is 59.9 Å². The predicted molar refractivity (Wildman–Crippen MR) is 112 cm³/mol. The number of hydrogen-bond donors (Lipinski definition) is 1. The maximum Gasteiger partial charge on any atom is 0.243 e. The number of amides is 1. The van der Waals surface area contributed by atoms with Gasteiger partial charge in [-0.1, -0.05) is 18.2 Å². The van der Waals surface area contributed by atoms with Gasteiger partial charge in [0.05, 0.1) is 17.9 Å². The highest BCUT2D eigenvalue weighted by Crippen LogP contribution is 2.24. The molecule has 3 rings (SSSR count). The predicted octanol–water partition coefficient (Wildman–Crippen LogP) is 2.98. The molecule has 1 amide bonds. The summed E-state index contributed by atoms with van der Waals surface area (Å²) in [6.45, 7) is 1.01. The molecule has 0 bridgehead atoms.